The molecule has 6 rings (SSSR count). The molecule has 0 aromatic carbocycles. The molecule has 4 aromatic heterocycles. The number of aromatic nitrogens is 5. The Kier molecular flexibility index (Phi) is 6.54. The molecule has 2 aliphatic rings. The quantitative estimate of drug-likeness (QED) is 0.392. The Hall–Kier alpha value is -3.10. The van der Waals surface area contributed by atoms with Crippen molar-refractivity contribution in [1.29, 1.82) is 0 Å². The minimum absolute atomic E-state index is 0.240. The van der Waals surface area contributed by atoms with Gasteiger partial charge in [-0.05, 0) is 48.8 Å². The van der Waals surface area contributed by atoms with Gasteiger partial charge in [-0.3, -0.25) is 9.88 Å². The lowest BCUT2D eigenvalue weighted by Gasteiger charge is -2.28. The number of hydrogen-bond acceptors (Lipinski definition) is 7. The summed E-state index contributed by atoms with van der Waals surface area (Å²) in [6.07, 6.45) is 12.6. The van der Waals surface area contributed by atoms with Crippen LogP contribution in [-0.4, -0.2) is 54.2 Å². The van der Waals surface area contributed by atoms with Crippen molar-refractivity contribution in [2.45, 2.75) is 58.5 Å². The largest absolute Gasteiger partial charge is 0.396 e. The minimum Gasteiger partial charge on any atom is -0.396 e. The highest BCUT2D eigenvalue weighted by Gasteiger charge is 2.22. The van der Waals surface area contributed by atoms with Gasteiger partial charge in [0.2, 0.25) is 5.95 Å². The van der Waals surface area contributed by atoms with E-state index in [0.717, 1.165) is 78.4 Å². The molecule has 0 spiro atoms. The van der Waals surface area contributed by atoms with E-state index in [1.807, 2.05) is 24.7 Å². The second kappa shape index (κ2) is 10.1. The van der Waals surface area contributed by atoms with Crippen LogP contribution in [-0.2, 0) is 19.5 Å². The maximum Gasteiger partial charge on any atom is 0.230 e. The molecule has 1 aliphatic heterocycles. The normalized spacial score (nSPS) is 20.6. The van der Waals surface area contributed by atoms with Gasteiger partial charge in [0.25, 0.3) is 0 Å². The second-order valence-electron chi connectivity index (χ2n) is 10.6. The van der Waals surface area contributed by atoms with Crippen LogP contribution < -0.4 is 5.32 Å². The van der Waals surface area contributed by atoms with E-state index in [2.05, 4.69) is 43.8 Å². The molecule has 1 fully saturated rings. The summed E-state index contributed by atoms with van der Waals surface area (Å²) in [6.45, 7) is 6.36. The number of nitrogens with zero attached hydrogens (tertiary/aromatic N) is 6. The molecule has 0 saturated heterocycles. The van der Waals surface area contributed by atoms with E-state index < -0.39 is 0 Å². The molecular formula is C28H35N7O. The first kappa shape index (κ1) is 23.3. The van der Waals surface area contributed by atoms with Crippen LogP contribution in [0, 0.1) is 11.8 Å². The van der Waals surface area contributed by atoms with Gasteiger partial charge >= 0.3 is 0 Å². The van der Waals surface area contributed by atoms with Crippen molar-refractivity contribution < 1.29 is 5.11 Å². The Balaban J connectivity index is 1.27. The van der Waals surface area contributed by atoms with Crippen LogP contribution in [0.25, 0.3) is 21.9 Å². The van der Waals surface area contributed by atoms with Crippen molar-refractivity contribution in [2.75, 3.05) is 25.0 Å². The predicted molar refractivity (Wildman–Crippen MR) is 142 cm³/mol. The number of hydrogen-bond donors (Lipinski definition) is 2. The molecule has 8 nitrogen and oxygen atoms in total. The predicted octanol–water partition coefficient (Wildman–Crippen LogP) is 4.68. The topological polar surface area (TPSA) is 92.0 Å². The number of rotatable bonds is 7. The Morgan fingerprint density at radius 3 is 2.81 bits per heavy atom. The third-order valence-corrected chi connectivity index (χ3v) is 7.98. The average molecular weight is 486 g/mol. The highest BCUT2D eigenvalue weighted by Crippen LogP contribution is 2.33. The van der Waals surface area contributed by atoms with Crippen molar-refractivity contribution in [3.05, 3.63) is 48.0 Å². The van der Waals surface area contributed by atoms with Crippen molar-refractivity contribution in [3.8, 4) is 0 Å². The highest BCUT2D eigenvalue weighted by atomic mass is 16.3. The summed E-state index contributed by atoms with van der Waals surface area (Å²) >= 11 is 0. The number of aliphatic hydroxyl groups excluding tert-OH is 1. The Labute approximate surface area is 211 Å². The molecule has 0 radical (unpaired) electrons. The fourth-order valence-corrected chi connectivity index (χ4v) is 5.87. The zero-order valence-corrected chi connectivity index (χ0v) is 21.0. The van der Waals surface area contributed by atoms with Gasteiger partial charge in [-0.15, -0.1) is 0 Å². The SMILES string of the molecule is CC1CCC(Cn2c3cnccc3c3cnc(Nc4ccc5c(n4)CCN(CCCO)C5)nc32)CC1. The van der Waals surface area contributed by atoms with Crippen LogP contribution in [0.4, 0.5) is 11.8 Å². The van der Waals surface area contributed by atoms with Gasteiger partial charge in [-0.2, -0.15) is 4.98 Å². The van der Waals surface area contributed by atoms with Gasteiger partial charge < -0.3 is 15.0 Å². The third-order valence-electron chi connectivity index (χ3n) is 7.98. The number of nitrogens with one attached hydrogen (secondary N) is 1. The standard InChI is InChI=1S/C28H35N7O/c1-19-3-5-20(6-4-19)17-35-25-16-29-11-9-22(25)23-15-30-28(33-27(23)35)32-26-8-7-21-18-34(12-2-14-36)13-10-24(21)31-26/h7-9,11,15-16,19-20,36H,2-6,10,12-14,17-18H2,1H3,(H,30,31,32,33). The molecule has 1 aliphatic carbocycles. The first-order valence-corrected chi connectivity index (χ1v) is 13.4. The van der Waals surface area contributed by atoms with Crippen LogP contribution in [0.2, 0.25) is 0 Å². The number of anilines is 2. The Morgan fingerprint density at radius 2 is 1.94 bits per heavy atom. The van der Waals surface area contributed by atoms with Crippen LogP contribution in [0.3, 0.4) is 0 Å². The fraction of sp³-hybridized carbons (Fsp3) is 0.500. The molecular weight excluding hydrogens is 450 g/mol. The summed E-state index contributed by atoms with van der Waals surface area (Å²) in [5.74, 6) is 2.87. The zero-order chi connectivity index (χ0) is 24.5. The van der Waals surface area contributed by atoms with Crippen LogP contribution in [0.5, 0.6) is 0 Å². The molecule has 0 unspecified atom stereocenters. The minimum atomic E-state index is 0.240. The van der Waals surface area contributed by atoms with E-state index in [1.54, 1.807) is 0 Å². The van der Waals surface area contributed by atoms with Gasteiger partial charge in [0.1, 0.15) is 11.5 Å². The molecule has 0 amide bonds. The van der Waals surface area contributed by atoms with Crippen molar-refractivity contribution in [3.63, 3.8) is 0 Å². The lowest BCUT2D eigenvalue weighted by atomic mass is 9.83. The van der Waals surface area contributed by atoms with Gasteiger partial charge in [0, 0.05) is 68.1 Å². The fourth-order valence-electron chi connectivity index (χ4n) is 5.87. The van der Waals surface area contributed by atoms with Gasteiger partial charge in [-0.1, -0.05) is 25.8 Å². The van der Waals surface area contributed by atoms with E-state index in [9.17, 15) is 0 Å². The molecule has 36 heavy (non-hydrogen) atoms. The first-order chi connectivity index (χ1) is 17.7. The monoisotopic (exact) mass is 485 g/mol. The van der Waals surface area contributed by atoms with Gasteiger partial charge in [0.15, 0.2) is 0 Å². The number of aliphatic hydroxyl groups is 1. The maximum atomic E-state index is 9.12. The van der Waals surface area contributed by atoms with Crippen LogP contribution >= 0.6 is 0 Å². The van der Waals surface area contributed by atoms with Crippen LogP contribution in [0.1, 0.15) is 50.3 Å². The van der Waals surface area contributed by atoms with E-state index in [0.29, 0.717) is 11.9 Å². The van der Waals surface area contributed by atoms with Crippen LogP contribution in [0.15, 0.2) is 36.8 Å². The molecule has 4 aromatic rings. The van der Waals surface area contributed by atoms with E-state index >= 15 is 0 Å². The maximum absolute atomic E-state index is 9.12. The smallest absolute Gasteiger partial charge is 0.230 e. The average Bonchev–Trinajstić information content (AvgIpc) is 3.21. The van der Waals surface area contributed by atoms with Crippen molar-refractivity contribution in [2.24, 2.45) is 11.8 Å². The van der Waals surface area contributed by atoms with E-state index in [4.69, 9.17) is 15.1 Å². The van der Waals surface area contributed by atoms with E-state index in [-0.39, 0.29) is 6.61 Å². The highest BCUT2D eigenvalue weighted by molar-refractivity contribution is 6.06. The Morgan fingerprint density at radius 1 is 1.06 bits per heavy atom. The number of pyridine rings is 2. The van der Waals surface area contributed by atoms with Gasteiger partial charge in [0.05, 0.1) is 11.7 Å². The van der Waals surface area contributed by atoms with Gasteiger partial charge in [-0.25, -0.2) is 9.97 Å². The molecule has 0 atom stereocenters. The number of fused-ring (bicyclic) bond motifs is 4. The molecule has 8 heteroatoms. The Bertz CT molecular complexity index is 1360. The second-order valence-corrected chi connectivity index (χ2v) is 10.6. The molecule has 188 valence electrons. The van der Waals surface area contributed by atoms with Crippen molar-refractivity contribution >= 4 is 33.7 Å². The third kappa shape index (κ3) is 4.67. The lowest BCUT2D eigenvalue weighted by molar-refractivity contribution is 0.211. The molecule has 1 saturated carbocycles. The lowest BCUT2D eigenvalue weighted by Crippen LogP contribution is -2.32. The summed E-state index contributed by atoms with van der Waals surface area (Å²) in [5.41, 5.74) is 4.49. The zero-order valence-electron chi connectivity index (χ0n) is 21.0. The van der Waals surface area contributed by atoms with E-state index in [1.165, 1.54) is 31.2 Å². The summed E-state index contributed by atoms with van der Waals surface area (Å²) in [4.78, 5) is 21.3. The molecule has 2 N–H and O–H groups in total. The first-order valence-electron chi connectivity index (χ1n) is 13.4. The summed E-state index contributed by atoms with van der Waals surface area (Å²) in [7, 11) is 0. The summed E-state index contributed by atoms with van der Waals surface area (Å²) in [6, 6.07) is 6.24. The molecule has 5 heterocycles. The van der Waals surface area contributed by atoms with Crippen molar-refractivity contribution in [1.82, 2.24) is 29.4 Å². The summed E-state index contributed by atoms with van der Waals surface area (Å²) < 4.78 is 2.35. The summed E-state index contributed by atoms with van der Waals surface area (Å²) in [5, 5.41) is 14.7. The molecule has 0 bridgehead atoms.